The van der Waals surface area contributed by atoms with Crippen molar-refractivity contribution in [3.63, 3.8) is 0 Å². The van der Waals surface area contributed by atoms with Crippen LogP contribution in [0.2, 0.25) is 0 Å². The van der Waals surface area contributed by atoms with Crippen molar-refractivity contribution in [2.24, 2.45) is 17.8 Å². The van der Waals surface area contributed by atoms with E-state index in [-0.39, 0.29) is 48.4 Å². The van der Waals surface area contributed by atoms with Crippen molar-refractivity contribution in [1.82, 2.24) is 20.2 Å². The van der Waals surface area contributed by atoms with Crippen LogP contribution in [0.5, 0.6) is 11.6 Å². The first kappa shape index (κ1) is 31.4. The van der Waals surface area contributed by atoms with E-state index in [9.17, 15) is 28.3 Å². The van der Waals surface area contributed by atoms with Gasteiger partial charge in [0.15, 0.2) is 5.82 Å². The van der Waals surface area contributed by atoms with E-state index in [0.29, 0.717) is 28.8 Å². The number of ether oxygens (including phenoxy) is 2. The Morgan fingerprint density at radius 3 is 2.54 bits per heavy atom. The number of allylic oxidation sites excluding steroid dienone is 1. The molecule has 0 bridgehead atoms. The topological polar surface area (TPSA) is 131 Å². The Kier molecular flexibility index (Phi) is 8.39. The summed E-state index contributed by atoms with van der Waals surface area (Å²) in [5.74, 6) is -4.60. The van der Waals surface area contributed by atoms with Gasteiger partial charge in [-0.15, -0.1) is 0 Å². The Balaban J connectivity index is 1.36. The summed E-state index contributed by atoms with van der Waals surface area (Å²) in [5, 5.41) is 13.3. The minimum Gasteiger partial charge on any atom is -0.496 e. The molecule has 2 amide bonds. The lowest BCUT2D eigenvalue weighted by atomic mass is 9.93. The molecular formula is C34H36F2N4O6. The van der Waals surface area contributed by atoms with Gasteiger partial charge >= 0.3 is 5.97 Å². The van der Waals surface area contributed by atoms with E-state index in [1.807, 2.05) is 12.2 Å². The molecule has 5 atom stereocenters. The first-order valence-corrected chi connectivity index (χ1v) is 15.5. The standard InChI is InChI=1S/C34H36F2N4O6/c1-18-27(45-3)10-9-24-28(18)37-29(19-12-21(35)14-22(36)13-19)38-31(24)46-23-15-25-26(16-23)32(42)40(2)11-7-5-4-6-8-20-17-34(20,33(43)44)39-30(25)41/h6,8-10,12-14,20,23,25-26H,4-5,7,11,15-17H2,1-3H3,(H,39,41)(H,43,44)/b8-6+. The monoisotopic (exact) mass is 634 g/mol. The van der Waals surface area contributed by atoms with Crippen molar-refractivity contribution in [3.05, 3.63) is 59.7 Å². The highest BCUT2D eigenvalue weighted by atomic mass is 19.1. The van der Waals surface area contributed by atoms with Crippen molar-refractivity contribution in [1.29, 1.82) is 0 Å². The summed E-state index contributed by atoms with van der Waals surface area (Å²) in [7, 11) is 3.23. The third-order valence-electron chi connectivity index (χ3n) is 9.43. The van der Waals surface area contributed by atoms with E-state index in [1.165, 1.54) is 7.11 Å². The van der Waals surface area contributed by atoms with E-state index >= 15 is 0 Å². The van der Waals surface area contributed by atoms with Crippen LogP contribution in [0.1, 0.15) is 44.1 Å². The van der Waals surface area contributed by atoms with Gasteiger partial charge in [-0.1, -0.05) is 12.2 Å². The molecular weight excluding hydrogens is 598 g/mol. The molecule has 0 saturated heterocycles. The third-order valence-corrected chi connectivity index (χ3v) is 9.43. The number of carboxylic acid groups (broad SMARTS) is 1. The van der Waals surface area contributed by atoms with Gasteiger partial charge in [-0.25, -0.2) is 18.6 Å². The number of fused-ring (bicyclic) bond motifs is 3. The molecule has 1 aliphatic heterocycles. The number of nitrogens with one attached hydrogen (secondary N) is 1. The minimum atomic E-state index is -1.40. The maximum absolute atomic E-state index is 14.2. The maximum Gasteiger partial charge on any atom is 0.330 e. The number of benzene rings is 2. The summed E-state index contributed by atoms with van der Waals surface area (Å²) in [6.07, 6.45) is 6.15. The Labute approximate surface area is 264 Å². The average molecular weight is 635 g/mol. The molecule has 2 fully saturated rings. The number of nitrogens with zero attached hydrogens (tertiary/aromatic N) is 3. The van der Waals surface area contributed by atoms with Gasteiger partial charge in [-0.3, -0.25) is 9.59 Å². The molecule has 5 unspecified atom stereocenters. The fourth-order valence-electron chi connectivity index (χ4n) is 6.76. The SMILES string of the molecule is COc1ccc2c(OC3CC4C(=O)NC5(C(=O)O)CC5/C=C/CCCCN(C)C(=O)C4C3)nc(-c3cc(F)cc(F)c3)nc2c1C. The second-order valence-electron chi connectivity index (χ2n) is 12.5. The van der Waals surface area contributed by atoms with E-state index in [2.05, 4.69) is 15.3 Å². The molecule has 2 aromatic carbocycles. The average Bonchev–Trinajstić information content (AvgIpc) is 3.55. The van der Waals surface area contributed by atoms with Crippen LogP contribution in [-0.4, -0.2) is 70.1 Å². The zero-order chi connectivity index (χ0) is 32.7. The number of aliphatic carboxylic acids is 1. The first-order valence-electron chi connectivity index (χ1n) is 15.5. The van der Waals surface area contributed by atoms with Crippen molar-refractivity contribution < 1.29 is 37.7 Å². The van der Waals surface area contributed by atoms with Crippen LogP contribution < -0.4 is 14.8 Å². The molecule has 0 spiro atoms. The predicted octanol–water partition coefficient (Wildman–Crippen LogP) is 4.82. The van der Waals surface area contributed by atoms with Crippen molar-refractivity contribution in [3.8, 4) is 23.0 Å². The third kappa shape index (κ3) is 5.88. The van der Waals surface area contributed by atoms with E-state index < -0.39 is 47.0 Å². The van der Waals surface area contributed by atoms with Crippen LogP contribution in [0.3, 0.4) is 0 Å². The molecule has 46 heavy (non-hydrogen) atoms. The molecule has 2 aliphatic carbocycles. The minimum absolute atomic E-state index is 0.0265. The number of hydrogen-bond donors (Lipinski definition) is 2. The first-order chi connectivity index (χ1) is 22.0. The van der Waals surface area contributed by atoms with Gasteiger partial charge in [0.2, 0.25) is 17.7 Å². The van der Waals surface area contributed by atoms with E-state index in [0.717, 1.165) is 37.5 Å². The number of aromatic nitrogens is 2. The Morgan fingerprint density at radius 1 is 1.09 bits per heavy atom. The number of halogens is 2. The number of amides is 2. The lowest BCUT2D eigenvalue weighted by Crippen LogP contribution is -2.49. The summed E-state index contributed by atoms with van der Waals surface area (Å²) in [6, 6.07) is 6.47. The second-order valence-corrected chi connectivity index (χ2v) is 12.5. The summed E-state index contributed by atoms with van der Waals surface area (Å²) < 4.78 is 40.3. The van der Waals surface area contributed by atoms with Crippen LogP contribution in [0.15, 0.2) is 42.5 Å². The molecule has 0 radical (unpaired) electrons. The van der Waals surface area contributed by atoms with Crippen LogP contribution in [0.25, 0.3) is 22.3 Å². The van der Waals surface area contributed by atoms with Gasteiger partial charge < -0.3 is 24.8 Å². The normalized spacial score (nSPS) is 27.3. The van der Waals surface area contributed by atoms with Crippen LogP contribution in [0, 0.1) is 36.3 Å². The zero-order valence-corrected chi connectivity index (χ0v) is 25.9. The zero-order valence-electron chi connectivity index (χ0n) is 25.9. The van der Waals surface area contributed by atoms with Gasteiger partial charge in [0, 0.05) is 36.7 Å². The lowest BCUT2D eigenvalue weighted by molar-refractivity contribution is -0.145. The van der Waals surface area contributed by atoms with Crippen LogP contribution in [0.4, 0.5) is 8.78 Å². The van der Waals surface area contributed by atoms with Crippen molar-refractivity contribution >= 4 is 28.7 Å². The molecule has 2 heterocycles. The summed E-state index contributed by atoms with van der Waals surface area (Å²) >= 11 is 0. The molecule has 12 heteroatoms. The predicted molar refractivity (Wildman–Crippen MR) is 164 cm³/mol. The number of methoxy groups -OCH3 is 1. The molecule has 2 N–H and O–H groups in total. The lowest BCUT2D eigenvalue weighted by Gasteiger charge is -2.26. The number of carbonyl (C=O) groups excluding carboxylic acids is 2. The number of aryl methyl sites for hydroxylation is 1. The molecule has 2 saturated carbocycles. The fraction of sp³-hybridized carbons (Fsp3) is 0.441. The smallest absolute Gasteiger partial charge is 0.330 e. The molecule has 3 aliphatic rings. The Morgan fingerprint density at radius 2 is 1.83 bits per heavy atom. The number of rotatable bonds is 5. The quantitative estimate of drug-likeness (QED) is 0.382. The summed E-state index contributed by atoms with van der Waals surface area (Å²) in [5.41, 5.74) is -0.183. The van der Waals surface area contributed by atoms with E-state index in [4.69, 9.17) is 9.47 Å². The highest BCUT2D eigenvalue weighted by molar-refractivity contribution is 5.94. The van der Waals surface area contributed by atoms with Crippen molar-refractivity contribution in [2.45, 2.75) is 57.1 Å². The molecule has 10 nitrogen and oxygen atoms in total. The summed E-state index contributed by atoms with van der Waals surface area (Å²) in [4.78, 5) is 50.6. The maximum atomic E-state index is 14.2. The largest absolute Gasteiger partial charge is 0.496 e. The molecule has 242 valence electrons. The van der Waals surface area contributed by atoms with Crippen LogP contribution in [-0.2, 0) is 14.4 Å². The highest BCUT2D eigenvalue weighted by Crippen LogP contribution is 2.46. The van der Waals surface area contributed by atoms with Gasteiger partial charge in [0.05, 0.1) is 29.8 Å². The summed E-state index contributed by atoms with van der Waals surface area (Å²) in [6.45, 7) is 2.32. The molecule has 1 aromatic heterocycles. The highest BCUT2D eigenvalue weighted by Gasteiger charge is 2.61. The van der Waals surface area contributed by atoms with Gasteiger partial charge in [0.25, 0.3) is 0 Å². The number of hydrogen-bond acceptors (Lipinski definition) is 7. The van der Waals surface area contributed by atoms with Gasteiger partial charge in [0.1, 0.15) is 29.0 Å². The van der Waals surface area contributed by atoms with E-state index in [1.54, 1.807) is 31.0 Å². The number of carbonyl (C=O) groups is 3. The Hall–Kier alpha value is -4.61. The van der Waals surface area contributed by atoms with Gasteiger partial charge in [-0.2, -0.15) is 4.98 Å². The Bertz CT molecular complexity index is 1730. The van der Waals surface area contributed by atoms with Gasteiger partial charge in [-0.05, 0) is 69.7 Å². The molecule has 3 aromatic rings. The second kappa shape index (κ2) is 12.3. The molecule has 6 rings (SSSR count). The van der Waals surface area contributed by atoms with Crippen LogP contribution >= 0.6 is 0 Å². The fourth-order valence-corrected chi connectivity index (χ4v) is 6.76. The number of carboxylic acids is 1. The van der Waals surface area contributed by atoms with Crippen molar-refractivity contribution in [2.75, 3.05) is 20.7 Å².